The highest BCUT2D eigenvalue weighted by Gasteiger charge is 2.45. The van der Waals surface area contributed by atoms with Crippen LogP contribution in [-0.2, 0) is 0 Å². The molecule has 2 bridgehead atoms. The highest BCUT2D eigenvalue weighted by atomic mass is 15.2. The molecule has 0 radical (unpaired) electrons. The second kappa shape index (κ2) is 2.94. The van der Waals surface area contributed by atoms with Gasteiger partial charge in [-0.1, -0.05) is 0 Å². The number of fused-ring (bicyclic) bond motifs is 3. The molecule has 3 fully saturated rings. The van der Waals surface area contributed by atoms with Crippen LogP contribution in [0.15, 0.2) is 0 Å². The average Bonchev–Trinajstić information content (AvgIpc) is 2.03. The first-order chi connectivity index (χ1) is 6.00. The minimum Gasteiger partial charge on any atom is -0.326 e. The van der Waals surface area contributed by atoms with Crippen molar-refractivity contribution in [1.82, 2.24) is 4.90 Å². The van der Waals surface area contributed by atoms with Gasteiger partial charge in [-0.05, 0) is 45.7 Å². The van der Waals surface area contributed by atoms with Crippen LogP contribution in [0.3, 0.4) is 0 Å². The third-order valence-electron chi connectivity index (χ3n) is 3.64. The zero-order valence-corrected chi connectivity index (χ0v) is 8.66. The van der Waals surface area contributed by atoms with E-state index in [-0.39, 0.29) is 5.54 Å². The van der Waals surface area contributed by atoms with Crippen molar-refractivity contribution in [1.29, 1.82) is 0 Å². The van der Waals surface area contributed by atoms with Crippen molar-refractivity contribution in [3.05, 3.63) is 0 Å². The lowest BCUT2D eigenvalue weighted by atomic mass is 9.73. The minimum absolute atomic E-state index is 0.154. The molecule has 3 nitrogen and oxygen atoms in total. The van der Waals surface area contributed by atoms with Gasteiger partial charge in [0.1, 0.15) is 0 Å². The number of piperidine rings is 3. The molecule has 3 rings (SSSR count). The van der Waals surface area contributed by atoms with Crippen molar-refractivity contribution in [2.45, 2.75) is 44.3 Å². The molecular weight excluding hydrogens is 162 g/mol. The van der Waals surface area contributed by atoms with Crippen LogP contribution in [0.5, 0.6) is 0 Å². The second-order valence-electron chi connectivity index (χ2n) is 5.22. The quantitative estimate of drug-likeness (QED) is 0.608. The largest absolute Gasteiger partial charge is 0.326 e. The highest BCUT2D eigenvalue weighted by Crippen LogP contribution is 2.34. The van der Waals surface area contributed by atoms with Crippen LogP contribution in [0.2, 0.25) is 0 Å². The van der Waals surface area contributed by atoms with E-state index in [1.807, 2.05) is 0 Å². The first kappa shape index (κ1) is 9.44. The van der Waals surface area contributed by atoms with E-state index in [1.165, 1.54) is 25.9 Å². The van der Waals surface area contributed by atoms with Gasteiger partial charge in [-0.2, -0.15) is 0 Å². The maximum Gasteiger partial charge on any atom is 0.0424 e. The first-order valence-electron chi connectivity index (χ1n) is 5.28. The number of hydrogen-bond donors (Lipinski definition) is 2. The normalized spacial score (nSPS) is 45.2. The number of hydrogen-bond acceptors (Lipinski definition) is 3. The summed E-state index contributed by atoms with van der Waals surface area (Å²) in [6, 6.07) is 0.683. The Morgan fingerprint density at radius 2 is 1.77 bits per heavy atom. The molecule has 3 saturated heterocycles. The summed E-state index contributed by atoms with van der Waals surface area (Å²) < 4.78 is 0. The van der Waals surface area contributed by atoms with E-state index in [0.717, 1.165) is 5.92 Å². The molecule has 0 aliphatic carbocycles. The van der Waals surface area contributed by atoms with Crippen molar-refractivity contribution in [3.63, 3.8) is 0 Å². The molecule has 3 heteroatoms. The fraction of sp³-hybridized carbons (Fsp3) is 1.00. The van der Waals surface area contributed by atoms with Crippen LogP contribution in [0.1, 0.15) is 26.7 Å². The summed E-state index contributed by atoms with van der Waals surface area (Å²) in [5.41, 5.74) is 12.2. The molecule has 0 aromatic heterocycles. The average molecular weight is 183 g/mol. The van der Waals surface area contributed by atoms with E-state index in [4.69, 9.17) is 11.5 Å². The minimum atomic E-state index is -0.154. The summed E-state index contributed by atoms with van der Waals surface area (Å²) in [6.07, 6.45) is 2.54. The lowest BCUT2D eigenvalue weighted by molar-refractivity contribution is -0.00354. The molecule has 0 aromatic rings. The van der Waals surface area contributed by atoms with Gasteiger partial charge in [0.2, 0.25) is 0 Å². The van der Waals surface area contributed by atoms with Gasteiger partial charge in [-0.15, -0.1) is 0 Å². The van der Waals surface area contributed by atoms with Crippen LogP contribution in [-0.4, -0.2) is 35.6 Å². The van der Waals surface area contributed by atoms with Gasteiger partial charge >= 0.3 is 0 Å². The van der Waals surface area contributed by atoms with Gasteiger partial charge in [0, 0.05) is 17.6 Å². The molecule has 76 valence electrons. The third kappa shape index (κ3) is 1.49. The monoisotopic (exact) mass is 183 g/mol. The van der Waals surface area contributed by atoms with E-state index < -0.39 is 0 Å². The van der Waals surface area contributed by atoms with Gasteiger partial charge < -0.3 is 11.5 Å². The number of rotatable bonds is 1. The molecule has 2 unspecified atom stereocenters. The molecule has 3 heterocycles. The summed E-state index contributed by atoms with van der Waals surface area (Å²) in [6.45, 7) is 6.59. The van der Waals surface area contributed by atoms with Crippen LogP contribution in [0.25, 0.3) is 0 Å². The third-order valence-corrected chi connectivity index (χ3v) is 3.64. The zero-order chi connectivity index (χ0) is 9.64. The van der Waals surface area contributed by atoms with E-state index in [9.17, 15) is 0 Å². The van der Waals surface area contributed by atoms with Gasteiger partial charge in [0.05, 0.1) is 0 Å². The number of nitrogens with two attached hydrogens (primary N) is 2. The molecule has 2 atom stereocenters. The van der Waals surface area contributed by atoms with Crippen LogP contribution in [0.4, 0.5) is 0 Å². The summed E-state index contributed by atoms with van der Waals surface area (Å²) in [5, 5.41) is 0. The molecule has 0 amide bonds. The Morgan fingerprint density at radius 1 is 1.23 bits per heavy atom. The molecule has 13 heavy (non-hydrogen) atoms. The van der Waals surface area contributed by atoms with E-state index in [2.05, 4.69) is 18.7 Å². The number of nitrogens with zero attached hydrogens (tertiary/aromatic N) is 1. The summed E-state index contributed by atoms with van der Waals surface area (Å²) in [4.78, 5) is 2.48. The predicted octanol–water partition coefficient (Wildman–Crippen LogP) is 0.145. The maximum atomic E-state index is 6.23. The fourth-order valence-electron chi connectivity index (χ4n) is 3.05. The van der Waals surface area contributed by atoms with Crippen molar-refractivity contribution in [2.24, 2.45) is 17.4 Å². The summed E-state index contributed by atoms with van der Waals surface area (Å²) in [5.74, 6) is 0.720. The fourth-order valence-corrected chi connectivity index (χ4v) is 3.05. The van der Waals surface area contributed by atoms with Gasteiger partial charge in [-0.25, -0.2) is 0 Å². The topological polar surface area (TPSA) is 55.3 Å². The summed E-state index contributed by atoms with van der Waals surface area (Å²) in [7, 11) is 0. The van der Waals surface area contributed by atoms with Gasteiger partial charge in [0.15, 0.2) is 0 Å². The van der Waals surface area contributed by atoms with Crippen molar-refractivity contribution < 1.29 is 0 Å². The second-order valence-corrected chi connectivity index (χ2v) is 5.22. The van der Waals surface area contributed by atoms with Crippen LogP contribution >= 0.6 is 0 Å². The van der Waals surface area contributed by atoms with E-state index in [1.54, 1.807) is 0 Å². The molecule has 0 saturated carbocycles. The Balaban J connectivity index is 2.19. The Kier molecular flexibility index (Phi) is 2.13. The Morgan fingerprint density at radius 3 is 2.08 bits per heavy atom. The molecule has 3 aliphatic heterocycles. The smallest absolute Gasteiger partial charge is 0.0424 e. The van der Waals surface area contributed by atoms with Crippen LogP contribution < -0.4 is 11.5 Å². The molecule has 0 spiro atoms. The van der Waals surface area contributed by atoms with E-state index >= 15 is 0 Å². The van der Waals surface area contributed by atoms with Crippen molar-refractivity contribution in [2.75, 3.05) is 13.1 Å². The lowest BCUT2D eigenvalue weighted by Crippen LogP contribution is -2.70. The maximum absolute atomic E-state index is 6.23. The first-order valence-corrected chi connectivity index (χ1v) is 5.28. The Labute approximate surface area is 80.5 Å². The molecule has 0 aromatic carbocycles. The Bertz CT molecular complexity index is 187. The SMILES string of the molecule is CC(C)(N)C1C(N)C2CCN1CC2. The molecule has 3 aliphatic rings. The van der Waals surface area contributed by atoms with Crippen LogP contribution in [0, 0.1) is 5.92 Å². The summed E-state index contributed by atoms with van der Waals surface area (Å²) >= 11 is 0. The highest BCUT2D eigenvalue weighted by molar-refractivity contribution is 5.05. The molecule has 4 N–H and O–H groups in total. The van der Waals surface area contributed by atoms with Crippen molar-refractivity contribution in [3.8, 4) is 0 Å². The standard InChI is InChI=1S/C10H21N3/c1-10(2,12)9-8(11)7-3-5-13(9)6-4-7/h7-9H,3-6,11-12H2,1-2H3. The lowest BCUT2D eigenvalue weighted by Gasteiger charge is -2.54. The zero-order valence-electron chi connectivity index (χ0n) is 8.66. The van der Waals surface area contributed by atoms with Crippen molar-refractivity contribution >= 4 is 0 Å². The van der Waals surface area contributed by atoms with Gasteiger partial charge in [0.25, 0.3) is 0 Å². The van der Waals surface area contributed by atoms with E-state index in [0.29, 0.717) is 12.1 Å². The van der Waals surface area contributed by atoms with Gasteiger partial charge in [-0.3, -0.25) is 4.90 Å². The predicted molar refractivity (Wildman–Crippen MR) is 54.3 cm³/mol. The Hall–Kier alpha value is -0.120. The molecular formula is C10H21N3.